The Kier molecular flexibility index (Phi) is 19.9. The van der Waals surface area contributed by atoms with Crippen LogP contribution in [0.3, 0.4) is 0 Å². The second-order valence-electron chi connectivity index (χ2n) is 6.47. The Hall–Kier alpha value is 1.98. The zero-order valence-corrected chi connectivity index (χ0v) is 21.0. The predicted molar refractivity (Wildman–Crippen MR) is 136 cm³/mol. The van der Waals surface area contributed by atoms with Gasteiger partial charge >= 0.3 is 0 Å². The molecule has 9 heteroatoms. The molecule has 0 spiro atoms. The van der Waals surface area contributed by atoms with Gasteiger partial charge in [0.15, 0.2) is 0 Å². The lowest BCUT2D eigenvalue weighted by atomic mass is 10.5. The van der Waals surface area contributed by atoms with Gasteiger partial charge in [-0.25, -0.2) is 0 Å². The topological polar surface area (TPSA) is 60.7 Å². The first-order valence-electron chi connectivity index (χ1n) is 9.69. The van der Waals surface area contributed by atoms with Gasteiger partial charge in [-0.1, -0.05) is 0 Å². The van der Waals surface area contributed by atoms with Crippen LogP contribution in [0, 0.1) is 0 Å². The van der Waals surface area contributed by atoms with E-state index < -0.39 is 0 Å². The zero-order chi connectivity index (χ0) is 19.6. The summed E-state index contributed by atoms with van der Waals surface area (Å²) in [6.07, 6.45) is 2.83. The summed E-state index contributed by atoms with van der Waals surface area (Å²) >= 11 is 11.1. The molecule has 0 unspecified atom stereocenters. The maximum absolute atomic E-state index is 10.0. The van der Waals surface area contributed by atoms with E-state index in [9.17, 15) is 15.3 Å². The second-order valence-corrected chi connectivity index (χ2v) is 13.4. The minimum atomic E-state index is -0.205. The molecule has 1 aliphatic rings. The Morgan fingerprint density at radius 2 is 0.556 bits per heavy atom. The molecule has 0 aromatic heterocycles. The van der Waals surface area contributed by atoms with Crippen molar-refractivity contribution in [3.63, 3.8) is 0 Å². The molecule has 3 nitrogen and oxygen atoms in total. The third-order valence-electron chi connectivity index (χ3n) is 3.59. The van der Waals surface area contributed by atoms with Crippen LogP contribution in [0.25, 0.3) is 0 Å². The number of hydrogen-bond acceptors (Lipinski definition) is 9. The van der Waals surface area contributed by atoms with Gasteiger partial charge in [0.2, 0.25) is 0 Å². The molecule has 1 rings (SSSR count). The molecule has 162 valence electrons. The quantitative estimate of drug-likeness (QED) is 0.470. The van der Waals surface area contributed by atoms with E-state index in [1.807, 2.05) is 70.6 Å². The average molecular weight is 493 g/mol. The molecule has 1 heterocycles. The average Bonchev–Trinajstić information content (AvgIpc) is 2.65. The SMILES string of the molecule is OC1CSCCCSCC(O)CSCCCSCC(O)CSCCCSC1. The van der Waals surface area contributed by atoms with Gasteiger partial charge in [-0.2, -0.15) is 70.6 Å². The number of aliphatic hydroxyl groups excluding tert-OH is 3. The monoisotopic (exact) mass is 492 g/mol. The summed E-state index contributed by atoms with van der Waals surface area (Å²) in [7, 11) is 0. The summed E-state index contributed by atoms with van der Waals surface area (Å²) in [4.78, 5) is 0. The fourth-order valence-electron chi connectivity index (χ4n) is 2.25. The maximum Gasteiger partial charge on any atom is 0.0720 e. The van der Waals surface area contributed by atoms with Crippen molar-refractivity contribution in [1.29, 1.82) is 0 Å². The fourth-order valence-corrected chi connectivity index (χ4v) is 8.68. The Balaban J connectivity index is 2.20. The van der Waals surface area contributed by atoms with E-state index in [4.69, 9.17) is 0 Å². The molecule has 0 radical (unpaired) electrons. The highest BCUT2D eigenvalue weighted by Gasteiger charge is 2.08. The van der Waals surface area contributed by atoms with Crippen molar-refractivity contribution in [1.82, 2.24) is 0 Å². The Morgan fingerprint density at radius 3 is 0.741 bits per heavy atom. The van der Waals surface area contributed by atoms with Crippen LogP contribution in [0.2, 0.25) is 0 Å². The normalized spacial score (nSPS) is 31.0. The van der Waals surface area contributed by atoms with Crippen molar-refractivity contribution < 1.29 is 15.3 Å². The van der Waals surface area contributed by atoms with E-state index in [1.165, 1.54) is 0 Å². The lowest BCUT2D eigenvalue weighted by Gasteiger charge is -2.12. The van der Waals surface area contributed by atoms with Crippen molar-refractivity contribution in [2.45, 2.75) is 37.6 Å². The molecule has 3 N–H and O–H groups in total. The van der Waals surface area contributed by atoms with Crippen LogP contribution in [-0.4, -0.2) is 103 Å². The molecular formula is C18H36O3S6. The van der Waals surface area contributed by atoms with E-state index in [-0.39, 0.29) is 18.3 Å². The summed E-state index contributed by atoms with van der Waals surface area (Å²) in [5.74, 6) is 11.5. The molecule has 0 saturated carbocycles. The standard InChI is InChI=1S/C18H36O3S6/c19-16-10-22-4-1-5-23-11-17(20)13-25-7-3-9-27-15-18(21)14-26-8-2-6-24-12-16/h16-21H,1-15H2. The third-order valence-corrected chi connectivity index (χ3v) is 10.8. The summed E-state index contributed by atoms with van der Waals surface area (Å²) in [5.41, 5.74) is 0. The minimum absolute atomic E-state index is 0.205. The molecular weight excluding hydrogens is 457 g/mol. The first-order chi connectivity index (χ1) is 13.2. The van der Waals surface area contributed by atoms with Gasteiger partial charge in [0, 0.05) is 34.5 Å². The summed E-state index contributed by atoms with van der Waals surface area (Å²) in [5, 5.41) is 30.1. The molecule has 0 bridgehead atoms. The van der Waals surface area contributed by atoms with Crippen LogP contribution >= 0.6 is 70.6 Å². The Bertz CT molecular complexity index is 256. The molecule has 1 saturated heterocycles. The molecule has 1 fully saturated rings. The van der Waals surface area contributed by atoms with Crippen LogP contribution in [0.5, 0.6) is 0 Å². The van der Waals surface area contributed by atoms with Crippen molar-refractivity contribution in [3.8, 4) is 0 Å². The second kappa shape index (κ2) is 19.9. The number of thioether (sulfide) groups is 6. The van der Waals surface area contributed by atoms with Crippen molar-refractivity contribution in [2.75, 3.05) is 69.0 Å². The Morgan fingerprint density at radius 1 is 0.370 bits per heavy atom. The lowest BCUT2D eigenvalue weighted by Crippen LogP contribution is -2.15. The first kappa shape index (κ1) is 27.0. The molecule has 0 aromatic rings. The van der Waals surface area contributed by atoms with Crippen LogP contribution in [-0.2, 0) is 0 Å². The maximum atomic E-state index is 10.0. The molecule has 0 amide bonds. The van der Waals surface area contributed by atoms with E-state index in [0.29, 0.717) is 0 Å². The highest BCUT2D eigenvalue weighted by atomic mass is 32.2. The number of rotatable bonds is 0. The Labute approximate surface area is 191 Å². The predicted octanol–water partition coefficient (Wildman–Crippen LogP) is 3.65. The molecule has 0 atom stereocenters. The minimum Gasteiger partial charge on any atom is -0.391 e. The largest absolute Gasteiger partial charge is 0.391 e. The first-order valence-corrected chi connectivity index (χ1v) is 16.6. The lowest BCUT2D eigenvalue weighted by molar-refractivity contribution is 0.224. The van der Waals surface area contributed by atoms with Crippen molar-refractivity contribution >= 4 is 70.6 Å². The van der Waals surface area contributed by atoms with E-state index in [0.717, 1.165) is 88.3 Å². The zero-order valence-electron chi connectivity index (χ0n) is 16.1. The van der Waals surface area contributed by atoms with Crippen molar-refractivity contribution in [3.05, 3.63) is 0 Å². The van der Waals surface area contributed by atoms with Crippen LogP contribution in [0.1, 0.15) is 19.3 Å². The molecule has 27 heavy (non-hydrogen) atoms. The molecule has 1 aliphatic heterocycles. The summed E-state index contributed by atoms with van der Waals surface area (Å²) in [6, 6.07) is 0. The van der Waals surface area contributed by atoms with E-state index in [1.54, 1.807) is 0 Å². The molecule has 0 aliphatic carbocycles. The van der Waals surface area contributed by atoms with Gasteiger partial charge in [0.05, 0.1) is 18.3 Å². The van der Waals surface area contributed by atoms with Crippen LogP contribution < -0.4 is 0 Å². The van der Waals surface area contributed by atoms with Gasteiger partial charge in [-0.05, 0) is 53.8 Å². The van der Waals surface area contributed by atoms with Gasteiger partial charge in [0.1, 0.15) is 0 Å². The summed E-state index contributed by atoms with van der Waals surface area (Å²) in [6.45, 7) is 0. The number of hydrogen-bond donors (Lipinski definition) is 3. The van der Waals surface area contributed by atoms with E-state index >= 15 is 0 Å². The number of aliphatic hydroxyl groups is 3. The van der Waals surface area contributed by atoms with Gasteiger partial charge in [-0.3, -0.25) is 0 Å². The third kappa shape index (κ3) is 18.5. The highest BCUT2D eigenvalue weighted by Crippen LogP contribution is 2.17. The van der Waals surface area contributed by atoms with Crippen LogP contribution in [0.4, 0.5) is 0 Å². The van der Waals surface area contributed by atoms with Gasteiger partial charge in [0.25, 0.3) is 0 Å². The highest BCUT2D eigenvalue weighted by molar-refractivity contribution is 8.01. The fraction of sp³-hybridized carbons (Fsp3) is 1.00. The molecule has 0 aromatic carbocycles. The van der Waals surface area contributed by atoms with Gasteiger partial charge in [-0.15, -0.1) is 0 Å². The summed E-state index contributed by atoms with van der Waals surface area (Å²) < 4.78 is 0. The van der Waals surface area contributed by atoms with Crippen LogP contribution in [0.15, 0.2) is 0 Å². The van der Waals surface area contributed by atoms with Crippen molar-refractivity contribution in [2.24, 2.45) is 0 Å². The smallest absolute Gasteiger partial charge is 0.0720 e. The van der Waals surface area contributed by atoms with E-state index in [2.05, 4.69) is 0 Å². The van der Waals surface area contributed by atoms with Gasteiger partial charge < -0.3 is 15.3 Å².